The van der Waals surface area contributed by atoms with Crippen molar-refractivity contribution in [3.8, 4) is 11.5 Å². The minimum absolute atomic E-state index is 0.0941. The predicted molar refractivity (Wildman–Crippen MR) is 102 cm³/mol. The largest absolute Gasteiger partial charge is 0.486 e. The lowest BCUT2D eigenvalue weighted by Crippen LogP contribution is -2.51. The van der Waals surface area contributed by atoms with Gasteiger partial charge in [0.15, 0.2) is 11.5 Å². The van der Waals surface area contributed by atoms with Gasteiger partial charge in [-0.05, 0) is 25.0 Å². The normalized spacial score (nSPS) is 18.9. The van der Waals surface area contributed by atoms with E-state index in [1.54, 1.807) is 23.1 Å². The number of benzene rings is 1. The molecule has 1 aromatic carbocycles. The summed E-state index contributed by atoms with van der Waals surface area (Å²) in [5.41, 5.74) is -0.136. The quantitative estimate of drug-likeness (QED) is 0.737. The van der Waals surface area contributed by atoms with Crippen molar-refractivity contribution in [2.24, 2.45) is 5.92 Å². The second-order valence-electron chi connectivity index (χ2n) is 7.28. The van der Waals surface area contributed by atoms with Crippen LogP contribution in [0.3, 0.4) is 0 Å². The lowest BCUT2D eigenvalue weighted by molar-refractivity contribution is -0.139. The number of carbonyl (C=O) groups is 3. The summed E-state index contributed by atoms with van der Waals surface area (Å²) >= 11 is 0. The second-order valence-corrected chi connectivity index (χ2v) is 7.28. The molecule has 1 aromatic rings. The third-order valence-corrected chi connectivity index (χ3v) is 5.56. The first-order chi connectivity index (χ1) is 13.4. The molecule has 8 heteroatoms. The number of aliphatic carboxylic acids is 1. The Morgan fingerprint density at radius 1 is 1.21 bits per heavy atom. The van der Waals surface area contributed by atoms with Crippen molar-refractivity contribution in [1.82, 2.24) is 5.32 Å². The fourth-order valence-corrected chi connectivity index (χ4v) is 3.71. The number of rotatable bonds is 7. The molecule has 2 aliphatic heterocycles. The number of hydrogen-bond acceptors (Lipinski definition) is 5. The molecule has 1 unspecified atom stereocenters. The molecule has 3 rings (SSSR count). The van der Waals surface area contributed by atoms with Crippen molar-refractivity contribution in [3.63, 3.8) is 0 Å². The van der Waals surface area contributed by atoms with Gasteiger partial charge in [0.05, 0.1) is 12.3 Å². The van der Waals surface area contributed by atoms with E-state index >= 15 is 0 Å². The maximum atomic E-state index is 12.8. The highest BCUT2D eigenvalue weighted by Crippen LogP contribution is 2.36. The number of fused-ring (bicyclic) bond motifs is 1. The molecule has 2 amide bonds. The van der Waals surface area contributed by atoms with Gasteiger partial charge < -0.3 is 24.8 Å². The van der Waals surface area contributed by atoms with Crippen LogP contribution in [0.15, 0.2) is 18.2 Å². The van der Waals surface area contributed by atoms with Crippen LogP contribution in [-0.4, -0.2) is 48.2 Å². The topological polar surface area (TPSA) is 105 Å². The van der Waals surface area contributed by atoms with Gasteiger partial charge in [0.2, 0.25) is 11.8 Å². The Hall–Kier alpha value is -2.77. The van der Waals surface area contributed by atoms with Crippen LogP contribution >= 0.6 is 0 Å². The van der Waals surface area contributed by atoms with Crippen molar-refractivity contribution in [1.29, 1.82) is 0 Å². The summed E-state index contributed by atoms with van der Waals surface area (Å²) in [5.74, 6) is -0.675. The second kappa shape index (κ2) is 8.08. The van der Waals surface area contributed by atoms with Gasteiger partial charge in [0.25, 0.3) is 0 Å². The number of ether oxygens (including phenoxy) is 2. The lowest BCUT2D eigenvalue weighted by atomic mass is 9.88. The van der Waals surface area contributed by atoms with Crippen molar-refractivity contribution < 1.29 is 29.0 Å². The number of hydrogen-bond donors (Lipinski definition) is 2. The third-order valence-electron chi connectivity index (χ3n) is 5.56. The smallest absolute Gasteiger partial charge is 0.305 e. The van der Waals surface area contributed by atoms with Crippen molar-refractivity contribution in [3.05, 3.63) is 18.2 Å². The molecule has 1 fully saturated rings. The molecule has 1 atom stereocenters. The minimum Gasteiger partial charge on any atom is -0.486 e. The Morgan fingerprint density at radius 3 is 2.54 bits per heavy atom. The average Bonchev–Trinajstić information content (AvgIpc) is 3.08. The fourth-order valence-electron chi connectivity index (χ4n) is 3.71. The Balaban J connectivity index is 1.71. The Labute approximate surface area is 163 Å². The highest BCUT2D eigenvalue weighted by atomic mass is 16.6. The zero-order valence-corrected chi connectivity index (χ0v) is 16.2. The van der Waals surface area contributed by atoms with Crippen LogP contribution in [0, 0.1) is 5.92 Å². The van der Waals surface area contributed by atoms with Crippen LogP contribution in [0.2, 0.25) is 0 Å². The first-order valence-electron chi connectivity index (χ1n) is 9.61. The SMILES string of the molecule is CCC(CC)(CC(=O)O)NC(=O)C1CC(=O)N(c2ccc3c(c2)OCCO3)C1. The van der Waals surface area contributed by atoms with E-state index in [4.69, 9.17) is 9.47 Å². The van der Waals surface area contributed by atoms with Gasteiger partial charge in [0, 0.05) is 30.3 Å². The van der Waals surface area contributed by atoms with Crippen molar-refractivity contribution in [2.75, 3.05) is 24.7 Å². The first-order valence-corrected chi connectivity index (χ1v) is 9.61. The van der Waals surface area contributed by atoms with Crippen LogP contribution in [0.1, 0.15) is 39.5 Å². The van der Waals surface area contributed by atoms with Gasteiger partial charge in [-0.1, -0.05) is 13.8 Å². The summed E-state index contributed by atoms with van der Waals surface area (Å²) in [4.78, 5) is 38.1. The number of carboxylic acid groups (broad SMARTS) is 1. The molecule has 2 aliphatic rings. The molecule has 0 aromatic heterocycles. The number of carbonyl (C=O) groups excluding carboxylic acids is 2. The van der Waals surface area contributed by atoms with Gasteiger partial charge >= 0.3 is 5.97 Å². The number of nitrogens with one attached hydrogen (secondary N) is 1. The van der Waals surface area contributed by atoms with Gasteiger partial charge in [-0.25, -0.2) is 0 Å². The maximum absolute atomic E-state index is 12.8. The molecule has 152 valence electrons. The summed E-state index contributed by atoms with van der Waals surface area (Å²) in [6.07, 6.45) is 0.970. The summed E-state index contributed by atoms with van der Waals surface area (Å²) < 4.78 is 11.1. The maximum Gasteiger partial charge on any atom is 0.305 e. The Morgan fingerprint density at radius 2 is 1.89 bits per heavy atom. The summed E-state index contributed by atoms with van der Waals surface area (Å²) in [5, 5.41) is 12.1. The molecule has 8 nitrogen and oxygen atoms in total. The molecule has 0 spiro atoms. The van der Waals surface area contributed by atoms with E-state index in [0.29, 0.717) is 43.2 Å². The standard InChI is InChI=1S/C20H26N2O6/c1-3-20(4-2,11-18(24)25)21-19(26)13-9-17(23)22(12-13)14-5-6-15-16(10-14)28-8-7-27-15/h5-6,10,13H,3-4,7-9,11-12H2,1-2H3,(H,21,26)(H,24,25). The predicted octanol–water partition coefficient (Wildman–Crippen LogP) is 1.96. The van der Waals surface area contributed by atoms with Crippen LogP contribution in [0.25, 0.3) is 0 Å². The van der Waals surface area contributed by atoms with Crippen molar-refractivity contribution in [2.45, 2.75) is 45.1 Å². The number of amides is 2. The van der Waals surface area contributed by atoms with E-state index in [1.807, 2.05) is 13.8 Å². The van der Waals surface area contributed by atoms with Gasteiger partial charge in [-0.3, -0.25) is 14.4 Å². The number of carboxylic acids is 1. The zero-order chi connectivity index (χ0) is 20.3. The van der Waals surface area contributed by atoms with Gasteiger partial charge in [-0.2, -0.15) is 0 Å². The minimum atomic E-state index is -0.954. The first kappa shape index (κ1) is 20.0. The molecule has 2 heterocycles. The van der Waals surface area contributed by atoms with Crippen LogP contribution < -0.4 is 19.7 Å². The van der Waals surface area contributed by atoms with E-state index < -0.39 is 17.4 Å². The van der Waals surface area contributed by atoms with Crippen LogP contribution in [0.5, 0.6) is 11.5 Å². The van der Waals surface area contributed by atoms with Crippen molar-refractivity contribution >= 4 is 23.5 Å². The summed E-state index contributed by atoms with van der Waals surface area (Å²) in [6.45, 7) is 4.90. The Kier molecular flexibility index (Phi) is 5.76. The average molecular weight is 390 g/mol. The third kappa shape index (κ3) is 4.05. The molecule has 0 aliphatic carbocycles. The number of anilines is 1. The molecule has 0 radical (unpaired) electrons. The van der Waals surface area contributed by atoms with Gasteiger partial charge in [0.1, 0.15) is 13.2 Å². The fraction of sp³-hybridized carbons (Fsp3) is 0.550. The Bertz CT molecular complexity index is 774. The monoisotopic (exact) mass is 390 g/mol. The van der Waals surface area contributed by atoms with E-state index in [2.05, 4.69) is 5.32 Å². The van der Waals surface area contributed by atoms with E-state index in [0.717, 1.165) is 0 Å². The van der Waals surface area contributed by atoms with Crippen LogP contribution in [0.4, 0.5) is 5.69 Å². The van der Waals surface area contributed by atoms with E-state index in [-0.39, 0.29) is 31.2 Å². The van der Waals surface area contributed by atoms with Gasteiger partial charge in [-0.15, -0.1) is 0 Å². The summed E-state index contributed by atoms with van der Waals surface area (Å²) in [7, 11) is 0. The molecule has 0 bridgehead atoms. The molecular weight excluding hydrogens is 364 g/mol. The molecule has 1 saturated heterocycles. The van der Waals surface area contributed by atoms with Crippen LogP contribution in [-0.2, 0) is 14.4 Å². The van der Waals surface area contributed by atoms with E-state index in [1.165, 1.54) is 0 Å². The molecule has 28 heavy (non-hydrogen) atoms. The highest BCUT2D eigenvalue weighted by molar-refractivity contribution is 6.00. The van der Waals surface area contributed by atoms with E-state index in [9.17, 15) is 19.5 Å². The molecule has 2 N–H and O–H groups in total. The molecule has 0 saturated carbocycles. The molecular formula is C20H26N2O6. The zero-order valence-electron chi connectivity index (χ0n) is 16.2. The lowest BCUT2D eigenvalue weighted by Gasteiger charge is -2.32. The summed E-state index contributed by atoms with van der Waals surface area (Å²) in [6, 6.07) is 5.29. The number of nitrogens with zero attached hydrogens (tertiary/aromatic N) is 1. The highest BCUT2D eigenvalue weighted by Gasteiger charge is 2.39.